The third kappa shape index (κ3) is 3.54. The van der Waals surface area contributed by atoms with Crippen LogP contribution < -0.4 is 10.1 Å². The van der Waals surface area contributed by atoms with Crippen molar-refractivity contribution in [2.75, 3.05) is 31.5 Å². The van der Waals surface area contributed by atoms with Crippen LogP contribution in [0.3, 0.4) is 0 Å². The Labute approximate surface area is 174 Å². The maximum Gasteiger partial charge on any atom is 0.272 e. The quantitative estimate of drug-likeness (QED) is 0.758. The van der Waals surface area contributed by atoms with Crippen molar-refractivity contribution >= 4 is 27.5 Å². The molecule has 160 valence electrons. The molecule has 11 heteroatoms. The lowest BCUT2D eigenvalue weighted by Crippen LogP contribution is -2.50. The van der Waals surface area contributed by atoms with E-state index >= 15 is 0 Å². The Kier molecular flexibility index (Phi) is 5.24. The molecule has 2 aliphatic rings. The number of nitrogens with zero attached hydrogens (tertiary/aromatic N) is 4. The molecule has 1 atom stereocenters. The number of carbonyl (C=O) groups is 2. The highest BCUT2D eigenvalue weighted by Crippen LogP contribution is 2.33. The number of aromatic nitrogens is 2. The average Bonchev–Trinajstić information content (AvgIpc) is 3.18. The van der Waals surface area contributed by atoms with Crippen molar-refractivity contribution < 1.29 is 22.7 Å². The van der Waals surface area contributed by atoms with Gasteiger partial charge in [-0.25, -0.2) is 8.42 Å². The summed E-state index contributed by atoms with van der Waals surface area (Å²) in [4.78, 5) is 26.3. The molecule has 3 heterocycles. The van der Waals surface area contributed by atoms with Gasteiger partial charge in [0.15, 0.2) is 6.10 Å². The van der Waals surface area contributed by atoms with E-state index in [0.29, 0.717) is 23.6 Å². The van der Waals surface area contributed by atoms with Gasteiger partial charge in [0.05, 0.1) is 10.6 Å². The van der Waals surface area contributed by atoms with E-state index in [1.54, 1.807) is 30.3 Å². The summed E-state index contributed by atoms with van der Waals surface area (Å²) in [5, 5.41) is 6.71. The van der Waals surface area contributed by atoms with E-state index in [1.165, 1.54) is 21.1 Å². The van der Waals surface area contributed by atoms with Crippen molar-refractivity contribution in [1.82, 2.24) is 19.0 Å². The fourth-order valence-corrected chi connectivity index (χ4v) is 5.03. The van der Waals surface area contributed by atoms with Crippen LogP contribution in [0, 0.1) is 0 Å². The number of piperazine rings is 1. The van der Waals surface area contributed by atoms with E-state index in [1.807, 2.05) is 6.92 Å². The Hall–Kier alpha value is -2.92. The Balaban J connectivity index is 1.48. The van der Waals surface area contributed by atoms with Gasteiger partial charge < -0.3 is 15.0 Å². The van der Waals surface area contributed by atoms with Crippen LogP contribution in [0.15, 0.2) is 35.4 Å². The van der Waals surface area contributed by atoms with Crippen LogP contribution in [0.2, 0.25) is 0 Å². The first kappa shape index (κ1) is 20.4. The standard InChI is InChI=1S/C19H23N5O5S/c1-3-16-18(25)21-14-12-13(4-5-17(14)29-16)30(27,28)24-10-8-23(9-11-24)19(26)15-6-7-20-22(15)2/h4-7,12,16H,3,8-11H2,1-2H3,(H,21,25)/t16-/m1/s1. The normalized spacial score (nSPS) is 19.7. The number of fused-ring (bicyclic) bond motifs is 1. The van der Waals surface area contributed by atoms with Gasteiger partial charge in [0.2, 0.25) is 10.0 Å². The van der Waals surface area contributed by atoms with Crippen LogP contribution >= 0.6 is 0 Å². The number of aryl methyl sites for hydroxylation is 1. The van der Waals surface area contributed by atoms with E-state index in [9.17, 15) is 18.0 Å². The molecule has 2 aliphatic heterocycles. The zero-order valence-corrected chi connectivity index (χ0v) is 17.6. The Morgan fingerprint density at radius 2 is 1.97 bits per heavy atom. The van der Waals surface area contributed by atoms with Gasteiger partial charge in [-0.05, 0) is 30.7 Å². The molecular formula is C19H23N5O5S. The molecule has 1 fully saturated rings. The zero-order chi connectivity index (χ0) is 21.5. The monoisotopic (exact) mass is 433 g/mol. The average molecular weight is 433 g/mol. The van der Waals surface area contributed by atoms with E-state index in [0.717, 1.165) is 0 Å². The lowest BCUT2D eigenvalue weighted by molar-refractivity contribution is -0.123. The molecule has 1 aromatic carbocycles. The summed E-state index contributed by atoms with van der Waals surface area (Å²) >= 11 is 0. The number of benzene rings is 1. The van der Waals surface area contributed by atoms with E-state index in [-0.39, 0.29) is 42.9 Å². The Morgan fingerprint density at radius 1 is 1.23 bits per heavy atom. The van der Waals surface area contributed by atoms with Gasteiger partial charge in [0.1, 0.15) is 11.4 Å². The molecule has 0 radical (unpaired) electrons. The van der Waals surface area contributed by atoms with Crippen LogP contribution in [0.1, 0.15) is 23.8 Å². The van der Waals surface area contributed by atoms with Crippen molar-refractivity contribution in [2.45, 2.75) is 24.3 Å². The van der Waals surface area contributed by atoms with Crippen LogP contribution in [-0.4, -0.2) is 71.5 Å². The predicted molar refractivity (Wildman–Crippen MR) is 108 cm³/mol. The van der Waals surface area contributed by atoms with Crippen molar-refractivity contribution in [2.24, 2.45) is 7.05 Å². The van der Waals surface area contributed by atoms with Gasteiger partial charge in [0.25, 0.3) is 11.8 Å². The molecule has 1 N–H and O–H groups in total. The highest BCUT2D eigenvalue weighted by Gasteiger charge is 2.33. The fourth-order valence-electron chi connectivity index (χ4n) is 3.59. The number of ether oxygens (including phenoxy) is 1. The van der Waals surface area contributed by atoms with Gasteiger partial charge in [-0.3, -0.25) is 14.3 Å². The first-order chi connectivity index (χ1) is 14.3. The topological polar surface area (TPSA) is 114 Å². The Bertz CT molecular complexity index is 1090. The molecule has 10 nitrogen and oxygen atoms in total. The molecule has 4 rings (SSSR count). The summed E-state index contributed by atoms with van der Waals surface area (Å²) in [6.07, 6.45) is 1.49. The molecule has 1 saturated heterocycles. The van der Waals surface area contributed by atoms with Crippen molar-refractivity contribution in [3.63, 3.8) is 0 Å². The lowest BCUT2D eigenvalue weighted by Gasteiger charge is -2.34. The summed E-state index contributed by atoms with van der Waals surface area (Å²) in [6, 6.07) is 6.09. The van der Waals surface area contributed by atoms with Crippen molar-refractivity contribution in [1.29, 1.82) is 0 Å². The number of rotatable bonds is 4. The van der Waals surface area contributed by atoms with Gasteiger partial charge in [-0.15, -0.1) is 0 Å². The summed E-state index contributed by atoms with van der Waals surface area (Å²) in [6.45, 7) is 2.78. The minimum Gasteiger partial charge on any atom is -0.478 e. The molecule has 2 aromatic rings. The maximum atomic E-state index is 13.1. The van der Waals surface area contributed by atoms with Gasteiger partial charge in [0, 0.05) is 39.4 Å². The summed E-state index contributed by atoms with van der Waals surface area (Å²) in [5.41, 5.74) is 0.804. The van der Waals surface area contributed by atoms with Crippen molar-refractivity contribution in [3.05, 3.63) is 36.2 Å². The van der Waals surface area contributed by atoms with Gasteiger partial charge in [-0.2, -0.15) is 9.40 Å². The minimum atomic E-state index is -3.77. The van der Waals surface area contributed by atoms with Crippen LogP contribution in [0.5, 0.6) is 5.75 Å². The second-order valence-electron chi connectivity index (χ2n) is 7.20. The van der Waals surface area contributed by atoms with E-state index in [2.05, 4.69) is 10.4 Å². The molecule has 1 aromatic heterocycles. The summed E-state index contributed by atoms with van der Waals surface area (Å²) in [5.74, 6) is -0.0139. The predicted octanol–water partition coefficient (Wildman–Crippen LogP) is 0.676. The number of hydrogen-bond donors (Lipinski definition) is 1. The zero-order valence-electron chi connectivity index (χ0n) is 16.7. The number of anilines is 1. The first-order valence-corrected chi connectivity index (χ1v) is 11.1. The molecular weight excluding hydrogens is 410 g/mol. The number of nitrogens with one attached hydrogen (secondary N) is 1. The maximum absolute atomic E-state index is 13.1. The summed E-state index contributed by atoms with van der Waals surface area (Å²) < 4.78 is 34.6. The molecule has 2 amide bonds. The van der Waals surface area contributed by atoms with E-state index in [4.69, 9.17) is 4.74 Å². The molecule has 0 saturated carbocycles. The number of sulfonamides is 1. The van der Waals surface area contributed by atoms with Gasteiger partial charge >= 0.3 is 0 Å². The molecule has 0 unspecified atom stereocenters. The number of amides is 2. The number of carbonyl (C=O) groups excluding carboxylic acids is 2. The van der Waals surface area contributed by atoms with E-state index < -0.39 is 16.1 Å². The van der Waals surface area contributed by atoms with Crippen LogP contribution in [-0.2, 0) is 21.9 Å². The van der Waals surface area contributed by atoms with Crippen LogP contribution in [0.4, 0.5) is 5.69 Å². The smallest absolute Gasteiger partial charge is 0.272 e. The number of hydrogen-bond acceptors (Lipinski definition) is 6. The largest absolute Gasteiger partial charge is 0.478 e. The molecule has 0 bridgehead atoms. The first-order valence-electron chi connectivity index (χ1n) is 9.70. The SMILES string of the molecule is CC[C@H]1Oc2ccc(S(=O)(=O)N3CCN(C(=O)c4ccnn4C)CC3)cc2NC1=O. The summed E-state index contributed by atoms with van der Waals surface area (Å²) in [7, 11) is -2.08. The molecule has 0 aliphatic carbocycles. The third-order valence-electron chi connectivity index (χ3n) is 5.35. The van der Waals surface area contributed by atoms with Crippen molar-refractivity contribution in [3.8, 4) is 5.75 Å². The third-order valence-corrected chi connectivity index (χ3v) is 7.24. The highest BCUT2D eigenvalue weighted by molar-refractivity contribution is 7.89. The minimum absolute atomic E-state index is 0.0755. The Morgan fingerprint density at radius 3 is 2.60 bits per heavy atom. The lowest BCUT2D eigenvalue weighted by atomic mass is 10.2. The molecule has 0 spiro atoms. The fraction of sp³-hybridized carbons (Fsp3) is 0.421. The molecule has 30 heavy (non-hydrogen) atoms. The van der Waals surface area contributed by atoms with Gasteiger partial charge in [-0.1, -0.05) is 6.92 Å². The van der Waals surface area contributed by atoms with Crippen LogP contribution in [0.25, 0.3) is 0 Å². The second kappa shape index (κ2) is 7.73. The highest BCUT2D eigenvalue weighted by atomic mass is 32.2. The second-order valence-corrected chi connectivity index (χ2v) is 9.14.